The molecule has 6 nitrogen and oxygen atoms in total. The number of non-ortho nitro benzene ring substituents is 1. The molecule has 1 aliphatic rings. The van der Waals surface area contributed by atoms with E-state index >= 15 is 0 Å². The number of hydrogen-bond acceptors (Lipinski definition) is 4. The van der Waals surface area contributed by atoms with E-state index in [-0.39, 0.29) is 11.6 Å². The van der Waals surface area contributed by atoms with Crippen LogP contribution in [-0.2, 0) is 4.79 Å². The first-order valence-electron chi connectivity index (χ1n) is 5.39. The van der Waals surface area contributed by atoms with Gasteiger partial charge in [-0.15, -0.1) is 0 Å². The predicted molar refractivity (Wildman–Crippen MR) is 66.6 cm³/mol. The fraction of sp³-hybridized carbons (Fsp3) is 0.250. The Morgan fingerprint density at radius 3 is 2.28 bits per heavy atom. The normalized spacial score (nSPS) is 17.8. The number of carbonyl (C=O) groups excluding carboxylic acids is 1. The van der Waals surface area contributed by atoms with Crippen molar-refractivity contribution in [2.75, 3.05) is 5.01 Å². The molecule has 1 amide bonds. The number of anilines is 1. The van der Waals surface area contributed by atoms with Crippen LogP contribution >= 0.6 is 0 Å². The maximum Gasteiger partial charge on any atom is 0.269 e. The third kappa shape index (κ3) is 1.71. The molecule has 1 heterocycles. The third-order valence-electron chi connectivity index (χ3n) is 3.09. The molecule has 1 aliphatic heterocycles. The molecule has 0 unspecified atom stereocenters. The van der Waals surface area contributed by atoms with Crippen molar-refractivity contribution in [1.29, 1.82) is 0 Å². The summed E-state index contributed by atoms with van der Waals surface area (Å²) in [6.45, 7) is 7.43. The highest BCUT2D eigenvalue weighted by atomic mass is 16.6. The summed E-state index contributed by atoms with van der Waals surface area (Å²) in [7, 11) is 0. The summed E-state index contributed by atoms with van der Waals surface area (Å²) in [6, 6.07) is 5.93. The molecule has 94 valence electrons. The summed E-state index contributed by atoms with van der Waals surface area (Å²) in [5.74, 6) is -0.147. The van der Waals surface area contributed by atoms with Gasteiger partial charge in [0.25, 0.3) is 5.69 Å². The Kier molecular flexibility index (Phi) is 2.58. The summed E-state index contributed by atoms with van der Waals surface area (Å²) in [5.41, 5.74) is 3.27. The molecule has 2 rings (SSSR count). The molecule has 0 radical (unpaired) electrons. The zero-order chi connectivity index (χ0) is 13.5. The van der Waals surface area contributed by atoms with Gasteiger partial charge in [-0.2, -0.15) is 0 Å². The van der Waals surface area contributed by atoms with Crippen LogP contribution in [-0.4, -0.2) is 10.8 Å². The number of nitro groups is 1. The van der Waals surface area contributed by atoms with Crippen LogP contribution in [0.5, 0.6) is 0 Å². The second-order valence-electron chi connectivity index (χ2n) is 4.62. The molecule has 0 atom stereocenters. The monoisotopic (exact) mass is 247 g/mol. The highest BCUT2D eigenvalue weighted by molar-refractivity contribution is 5.92. The highest BCUT2D eigenvalue weighted by Gasteiger charge is 2.42. The molecular weight excluding hydrogens is 234 g/mol. The molecule has 1 saturated heterocycles. The lowest BCUT2D eigenvalue weighted by atomic mass is 9.90. The Morgan fingerprint density at radius 1 is 1.33 bits per heavy atom. The summed E-state index contributed by atoms with van der Waals surface area (Å²) >= 11 is 0. The van der Waals surface area contributed by atoms with E-state index in [1.54, 1.807) is 31.0 Å². The minimum Gasteiger partial charge on any atom is -0.272 e. The zero-order valence-corrected chi connectivity index (χ0v) is 10.1. The number of carbonyl (C=O) groups is 1. The molecule has 18 heavy (non-hydrogen) atoms. The molecule has 0 aromatic heterocycles. The van der Waals surface area contributed by atoms with Gasteiger partial charge < -0.3 is 0 Å². The van der Waals surface area contributed by atoms with Crippen molar-refractivity contribution in [2.24, 2.45) is 5.41 Å². The molecule has 0 bridgehead atoms. The van der Waals surface area contributed by atoms with Crippen molar-refractivity contribution in [3.63, 3.8) is 0 Å². The van der Waals surface area contributed by atoms with Crippen LogP contribution in [0.25, 0.3) is 0 Å². The van der Waals surface area contributed by atoms with Gasteiger partial charge in [0.05, 0.1) is 16.0 Å². The number of nitro benzene ring substituents is 1. The highest BCUT2D eigenvalue weighted by Crippen LogP contribution is 2.36. The first kappa shape index (κ1) is 12.1. The van der Waals surface area contributed by atoms with Crippen LogP contribution in [0.15, 0.2) is 36.5 Å². The Bertz CT molecular complexity index is 534. The van der Waals surface area contributed by atoms with E-state index in [0.29, 0.717) is 11.4 Å². The number of rotatable bonds is 2. The predicted octanol–water partition coefficient (Wildman–Crippen LogP) is 1.99. The van der Waals surface area contributed by atoms with Gasteiger partial charge in [-0.3, -0.25) is 25.3 Å². The SMILES string of the molecule is C=C1N(c2ccc([N+](=O)[O-])cc2)NC(=O)C1(C)C. The first-order chi connectivity index (χ1) is 8.34. The molecule has 0 spiro atoms. The molecule has 1 aromatic rings. The minimum absolute atomic E-state index is 0.00847. The Balaban J connectivity index is 2.31. The molecule has 0 aliphatic carbocycles. The summed E-state index contributed by atoms with van der Waals surface area (Å²) in [4.78, 5) is 21.8. The fourth-order valence-corrected chi connectivity index (χ4v) is 1.66. The number of hydrogen-bond donors (Lipinski definition) is 1. The smallest absolute Gasteiger partial charge is 0.269 e. The van der Waals surface area contributed by atoms with Crippen LogP contribution < -0.4 is 10.4 Å². The molecule has 6 heteroatoms. The first-order valence-corrected chi connectivity index (χ1v) is 5.39. The third-order valence-corrected chi connectivity index (χ3v) is 3.09. The second-order valence-corrected chi connectivity index (χ2v) is 4.62. The molecule has 0 saturated carbocycles. The van der Waals surface area contributed by atoms with Crippen molar-refractivity contribution < 1.29 is 9.72 Å². The van der Waals surface area contributed by atoms with Gasteiger partial charge in [0.1, 0.15) is 0 Å². The van der Waals surface area contributed by atoms with E-state index in [1.807, 2.05) is 0 Å². The van der Waals surface area contributed by atoms with E-state index < -0.39 is 10.3 Å². The molecular formula is C12H13N3O3. The minimum atomic E-state index is -0.679. The van der Waals surface area contributed by atoms with Crippen LogP contribution in [0, 0.1) is 15.5 Å². The number of amides is 1. The van der Waals surface area contributed by atoms with Crippen LogP contribution in [0.4, 0.5) is 11.4 Å². The summed E-state index contributed by atoms with van der Waals surface area (Å²) < 4.78 is 0. The van der Waals surface area contributed by atoms with E-state index in [9.17, 15) is 14.9 Å². The van der Waals surface area contributed by atoms with Gasteiger partial charge in [0.15, 0.2) is 0 Å². The topological polar surface area (TPSA) is 75.5 Å². The standard InChI is InChI=1S/C12H13N3O3/c1-8-12(2,3)11(16)13-14(8)9-4-6-10(7-5-9)15(17)18/h4-7H,1H2,2-3H3,(H,13,16). The largest absolute Gasteiger partial charge is 0.272 e. The Hall–Kier alpha value is -2.37. The zero-order valence-electron chi connectivity index (χ0n) is 10.1. The fourth-order valence-electron chi connectivity index (χ4n) is 1.66. The molecule has 1 fully saturated rings. The quantitative estimate of drug-likeness (QED) is 0.640. The maximum absolute atomic E-state index is 11.7. The van der Waals surface area contributed by atoms with Gasteiger partial charge in [-0.05, 0) is 26.0 Å². The van der Waals surface area contributed by atoms with Crippen molar-refractivity contribution in [3.8, 4) is 0 Å². The summed E-state index contributed by atoms with van der Waals surface area (Å²) in [5, 5.41) is 12.1. The van der Waals surface area contributed by atoms with Crippen molar-refractivity contribution in [2.45, 2.75) is 13.8 Å². The van der Waals surface area contributed by atoms with Gasteiger partial charge >= 0.3 is 0 Å². The Morgan fingerprint density at radius 2 is 1.89 bits per heavy atom. The van der Waals surface area contributed by atoms with Gasteiger partial charge in [-0.25, -0.2) is 0 Å². The van der Waals surface area contributed by atoms with E-state index in [4.69, 9.17) is 0 Å². The molecule has 1 N–H and O–H groups in total. The van der Waals surface area contributed by atoms with Crippen molar-refractivity contribution in [3.05, 3.63) is 46.7 Å². The lowest BCUT2D eigenvalue weighted by molar-refractivity contribution is -0.384. The number of nitrogens with one attached hydrogen (secondary N) is 1. The Labute approximate surface area is 104 Å². The second kappa shape index (κ2) is 3.83. The summed E-state index contributed by atoms with van der Waals surface area (Å²) in [6.07, 6.45) is 0. The average molecular weight is 247 g/mol. The van der Waals surface area contributed by atoms with E-state index in [1.165, 1.54) is 12.1 Å². The number of hydrazine groups is 1. The number of nitrogens with zero attached hydrogens (tertiary/aromatic N) is 2. The maximum atomic E-state index is 11.7. The van der Waals surface area contributed by atoms with Crippen LogP contribution in [0.1, 0.15) is 13.8 Å². The van der Waals surface area contributed by atoms with Crippen LogP contribution in [0.2, 0.25) is 0 Å². The number of benzene rings is 1. The van der Waals surface area contributed by atoms with E-state index in [2.05, 4.69) is 12.0 Å². The van der Waals surface area contributed by atoms with Crippen molar-refractivity contribution >= 4 is 17.3 Å². The molecule has 1 aromatic carbocycles. The lowest BCUT2D eigenvalue weighted by Gasteiger charge is -2.21. The lowest BCUT2D eigenvalue weighted by Crippen LogP contribution is -2.32. The van der Waals surface area contributed by atoms with Gasteiger partial charge in [0.2, 0.25) is 5.91 Å². The average Bonchev–Trinajstić information content (AvgIpc) is 2.53. The van der Waals surface area contributed by atoms with Gasteiger partial charge in [-0.1, -0.05) is 6.58 Å². The van der Waals surface area contributed by atoms with Gasteiger partial charge in [0, 0.05) is 17.8 Å². The van der Waals surface area contributed by atoms with E-state index in [0.717, 1.165) is 0 Å². The van der Waals surface area contributed by atoms with Crippen molar-refractivity contribution in [1.82, 2.24) is 5.43 Å². The van der Waals surface area contributed by atoms with Crippen LogP contribution in [0.3, 0.4) is 0 Å².